The predicted molar refractivity (Wildman–Crippen MR) is 99.5 cm³/mol. The van der Waals surface area contributed by atoms with Crippen LogP contribution in [0.1, 0.15) is 17.6 Å². The zero-order chi connectivity index (χ0) is 18.8. The van der Waals surface area contributed by atoms with E-state index in [1.165, 1.54) is 4.90 Å². The molecule has 0 aromatic carbocycles. The number of ether oxygens (including phenoxy) is 2. The van der Waals surface area contributed by atoms with E-state index in [4.69, 9.17) is 14.5 Å². The Bertz CT molecular complexity index is 697. The molecule has 0 unspecified atom stereocenters. The summed E-state index contributed by atoms with van der Waals surface area (Å²) < 4.78 is 10.8. The first-order valence-electron chi connectivity index (χ1n) is 9.57. The number of aryl methyl sites for hydroxylation is 1. The molecule has 148 valence electrons. The Morgan fingerprint density at radius 2 is 2.22 bits per heavy atom. The van der Waals surface area contributed by atoms with E-state index in [0.717, 1.165) is 30.2 Å². The molecule has 4 rings (SSSR count). The third-order valence-corrected chi connectivity index (χ3v) is 6.42. The van der Waals surface area contributed by atoms with Crippen LogP contribution in [-0.2, 0) is 27.2 Å². The summed E-state index contributed by atoms with van der Waals surface area (Å²) in [5.41, 5.74) is 1.10. The second-order valence-corrected chi connectivity index (χ2v) is 8.35. The van der Waals surface area contributed by atoms with Gasteiger partial charge in [0, 0.05) is 37.5 Å². The van der Waals surface area contributed by atoms with Crippen LogP contribution in [0.4, 0.5) is 4.79 Å². The zero-order valence-electron chi connectivity index (χ0n) is 15.6. The lowest BCUT2D eigenvalue weighted by molar-refractivity contribution is -0.133. The van der Waals surface area contributed by atoms with E-state index in [-0.39, 0.29) is 24.4 Å². The van der Waals surface area contributed by atoms with Crippen molar-refractivity contribution < 1.29 is 19.1 Å². The maximum absolute atomic E-state index is 12.8. The fourth-order valence-corrected chi connectivity index (χ4v) is 4.69. The van der Waals surface area contributed by atoms with E-state index in [1.807, 2.05) is 4.90 Å². The van der Waals surface area contributed by atoms with Crippen molar-refractivity contribution in [3.8, 4) is 0 Å². The average Bonchev–Trinajstić information content (AvgIpc) is 3.15. The summed E-state index contributed by atoms with van der Waals surface area (Å²) >= 11 is 1.71. The molecule has 0 spiro atoms. The highest BCUT2D eigenvalue weighted by molar-refractivity contribution is 7.09. The quantitative estimate of drug-likeness (QED) is 0.736. The van der Waals surface area contributed by atoms with E-state index in [9.17, 15) is 9.59 Å². The van der Waals surface area contributed by atoms with Crippen LogP contribution in [0.25, 0.3) is 0 Å². The highest BCUT2D eigenvalue weighted by Gasteiger charge is 2.36. The summed E-state index contributed by atoms with van der Waals surface area (Å²) in [4.78, 5) is 34.9. The SMILES string of the molecule is CCc1nc(CN2C[C@H]3COC[C@@H]2CN(C(=O)CN2CCOC2=O)C3)cs1. The third-order valence-electron chi connectivity index (χ3n) is 5.37. The smallest absolute Gasteiger partial charge is 0.410 e. The van der Waals surface area contributed by atoms with Crippen LogP contribution in [0.5, 0.6) is 0 Å². The van der Waals surface area contributed by atoms with Gasteiger partial charge in [-0.2, -0.15) is 0 Å². The van der Waals surface area contributed by atoms with Gasteiger partial charge in [-0.25, -0.2) is 9.78 Å². The van der Waals surface area contributed by atoms with E-state index in [2.05, 4.69) is 17.2 Å². The van der Waals surface area contributed by atoms with Gasteiger partial charge < -0.3 is 14.4 Å². The Hall–Kier alpha value is -1.71. The number of carbonyl (C=O) groups excluding carboxylic acids is 2. The molecule has 1 aromatic rings. The van der Waals surface area contributed by atoms with E-state index >= 15 is 0 Å². The minimum Gasteiger partial charge on any atom is -0.448 e. The van der Waals surface area contributed by atoms with Gasteiger partial charge in [0.15, 0.2) is 0 Å². The molecule has 2 bridgehead atoms. The van der Waals surface area contributed by atoms with Gasteiger partial charge in [-0.05, 0) is 6.42 Å². The number of thiazole rings is 1. The number of fused-ring (bicyclic) bond motifs is 3. The normalized spacial score (nSPS) is 26.2. The molecule has 3 saturated heterocycles. The van der Waals surface area contributed by atoms with Crippen molar-refractivity contribution in [3.63, 3.8) is 0 Å². The monoisotopic (exact) mass is 394 g/mol. The summed E-state index contributed by atoms with van der Waals surface area (Å²) in [6, 6.07) is 0.152. The minimum absolute atomic E-state index is 0.00507. The maximum Gasteiger partial charge on any atom is 0.410 e. The number of rotatable bonds is 5. The number of cyclic esters (lactones) is 1. The van der Waals surface area contributed by atoms with Crippen LogP contribution in [0.3, 0.4) is 0 Å². The molecule has 0 radical (unpaired) electrons. The minimum atomic E-state index is -0.390. The molecular formula is C18H26N4O4S. The second kappa shape index (κ2) is 8.12. The standard InChI is InChI=1S/C18H26N4O4S/c1-2-16-19-14(12-27-16)7-21-5-13-6-22(8-15(21)11-25-10-13)17(23)9-20-3-4-26-18(20)24/h12-13,15H,2-11H2,1H3/t13-,15+/m1/s1. The molecule has 2 amide bonds. The van der Waals surface area contributed by atoms with Crippen LogP contribution >= 0.6 is 11.3 Å². The first kappa shape index (κ1) is 18.6. The van der Waals surface area contributed by atoms with Crippen molar-refractivity contribution in [1.29, 1.82) is 0 Å². The fourth-order valence-electron chi connectivity index (χ4n) is 3.95. The first-order chi connectivity index (χ1) is 13.1. The zero-order valence-corrected chi connectivity index (χ0v) is 16.4. The molecule has 2 atom stereocenters. The van der Waals surface area contributed by atoms with E-state index < -0.39 is 6.09 Å². The Morgan fingerprint density at radius 1 is 1.33 bits per heavy atom. The largest absolute Gasteiger partial charge is 0.448 e. The molecule has 3 aliphatic rings. The first-order valence-corrected chi connectivity index (χ1v) is 10.4. The molecular weight excluding hydrogens is 368 g/mol. The van der Waals surface area contributed by atoms with E-state index in [0.29, 0.717) is 39.5 Å². The van der Waals surface area contributed by atoms with Gasteiger partial charge in [0.1, 0.15) is 13.2 Å². The van der Waals surface area contributed by atoms with Gasteiger partial charge >= 0.3 is 6.09 Å². The van der Waals surface area contributed by atoms with Crippen LogP contribution < -0.4 is 0 Å². The number of carbonyl (C=O) groups is 2. The molecule has 1 aromatic heterocycles. The summed E-state index contributed by atoms with van der Waals surface area (Å²) in [6.45, 7) is 7.36. The Labute approximate surface area is 163 Å². The molecule has 0 saturated carbocycles. The molecule has 27 heavy (non-hydrogen) atoms. The molecule has 0 aliphatic carbocycles. The van der Waals surface area contributed by atoms with Crippen LogP contribution in [0.2, 0.25) is 0 Å². The third kappa shape index (κ3) is 4.25. The molecule has 0 N–H and O–H groups in total. The van der Waals surface area contributed by atoms with Gasteiger partial charge in [0.05, 0.1) is 36.5 Å². The van der Waals surface area contributed by atoms with Gasteiger partial charge in [-0.1, -0.05) is 6.92 Å². The van der Waals surface area contributed by atoms with Crippen molar-refractivity contribution in [3.05, 3.63) is 16.1 Å². The predicted octanol–water partition coefficient (Wildman–Crippen LogP) is 0.817. The molecule has 9 heteroatoms. The molecule has 3 aliphatic heterocycles. The van der Waals surface area contributed by atoms with Gasteiger partial charge in [-0.3, -0.25) is 14.6 Å². The number of aromatic nitrogens is 1. The Morgan fingerprint density at radius 3 is 2.96 bits per heavy atom. The van der Waals surface area contributed by atoms with Crippen molar-refractivity contribution in [2.45, 2.75) is 25.9 Å². The lowest BCUT2D eigenvalue weighted by Crippen LogP contribution is -2.48. The topological polar surface area (TPSA) is 75.2 Å². The summed E-state index contributed by atoms with van der Waals surface area (Å²) in [6.07, 6.45) is 0.569. The van der Waals surface area contributed by atoms with Crippen molar-refractivity contribution >= 4 is 23.3 Å². The summed E-state index contributed by atoms with van der Waals surface area (Å²) in [5.74, 6) is 0.269. The van der Waals surface area contributed by atoms with Gasteiger partial charge in [0.25, 0.3) is 0 Å². The Kier molecular flexibility index (Phi) is 5.60. The molecule has 3 fully saturated rings. The van der Waals surface area contributed by atoms with Gasteiger partial charge in [0.2, 0.25) is 5.91 Å². The number of hydrogen-bond acceptors (Lipinski definition) is 7. The molecule has 4 heterocycles. The highest BCUT2D eigenvalue weighted by atomic mass is 32.1. The Balaban J connectivity index is 1.42. The van der Waals surface area contributed by atoms with Crippen molar-refractivity contribution in [2.24, 2.45) is 5.92 Å². The molecule has 8 nitrogen and oxygen atoms in total. The number of hydrogen-bond donors (Lipinski definition) is 0. The van der Waals surface area contributed by atoms with Crippen LogP contribution in [0.15, 0.2) is 5.38 Å². The second-order valence-electron chi connectivity index (χ2n) is 7.41. The number of nitrogens with zero attached hydrogens (tertiary/aromatic N) is 4. The average molecular weight is 394 g/mol. The number of amides is 2. The van der Waals surface area contributed by atoms with Crippen molar-refractivity contribution in [2.75, 3.05) is 52.5 Å². The van der Waals surface area contributed by atoms with Crippen LogP contribution in [-0.4, -0.2) is 90.3 Å². The maximum atomic E-state index is 12.8. The fraction of sp³-hybridized carbons (Fsp3) is 0.722. The highest BCUT2D eigenvalue weighted by Crippen LogP contribution is 2.23. The van der Waals surface area contributed by atoms with Gasteiger partial charge in [-0.15, -0.1) is 11.3 Å². The van der Waals surface area contributed by atoms with Crippen molar-refractivity contribution in [1.82, 2.24) is 19.7 Å². The van der Waals surface area contributed by atoms with Crippen LogP contribution in [0, 0.1) is 5.92 Å². The lowest BCUT2D eigenvalue weighted by atomic mass is 10.1. The summed E-state index contributed by atoms with van der Waals surface area (Å²) in [5, 5.41) is 3.30. The summed E-state index contributed by atoms with van der Waals surface area (Å²) in [7, 11) is 0. The van der Waals surface area contributed by atoms with E-state index in [1.54, 1.807) is 11.3 Å². The lowest BCUT2D eigenvalue weighted by Gasteiger charge is -2.31.